The topological polar surface area (TPSA) is 39.7 Å². The molecule has 2 unspecified atom stereocenters. The van der Waals surface area contributed by atoms with Crippen LogP contribution in [0.4, 0.5) is 0 Å². The zero-order chi connectivity index (χ0) is 15.9. The third kappa shape index (κ3) is 6.67. The summed E-state index contributed by atoms with van der Waals surface area (Å²) in [4.78, 5) is 6.71. The molecule has 2 N–H and O–H groups in total. The average Bonchev–Trinajstić information content (AvgIpc) is 2.49. The maximum Gasteiger partial charge on any atom is 0.190 e. The summed E-state index contributed by atoms with van der Waals surface area (Å²) in [6.45, 7) is 9.06. The Kier molecular flexibility index (Phi) is 8.91. The first-order valence-corrected chi connectivity index (χ1v) is 8.29. The van der Waals surface area contributed by atoms with Crippen molar-refractivity contribution in [3.05, 3.63) is 35.4 Å². The van der Waals surface area contributed by atoms with Crippen LogP contribution in [-0.2, 0) is 13.1 Å². The molecule has 0 bridgehead atoms. The Morgan fingerprint density at radius 1 is 1.13 bits per heavy atom. The first kappa shape index (κ1) is 20.2. The molecule has 5 heteroatoms. The van der Waals surface area contributed by atoms with E-state index < -0.39 is 0 Å². The standard InChI is InChI=1S/C18H30N4.HI/c1-14-9-15(2)12-22(11-14)13-17-7-5-16(6-8-17)10-21-18(19-3)20-4;/h5-8,14-15H,9-13H2,1-4H3,(H2,19,20,21);1H. The number of hydrogen-bond acceptors (Lipinski definition) is 2. The molecule has 0 saturated carbocycles. The van der Waals surface area contributed by atoms with Crippen LogP contribution < -0.4 is 10.6 Å². The van der Waals surface area contributed by atoms with Gasteiger partial charge in [-0.1, -0.05) is 38.1 Å². The van der Waals surface area contributed by atoms with Gasteiger partial charge >= 0.3 is 0 Å². The van der Waals surface area contributed by atoms with Gasteiger partial charge in [0.25, 0.3) is 0 Å². The van der Waals surface area contributed by atoms with Crippen LogP contribution in [-0.4, -0.2) is 38.0 Å². The van der Waals surface area contributed by atoms with Gasteiger partial charge in [-0.05, 0) is 29.4 Å². The van der Waals surface area contributed by atoms with E-state index in [2.05, 4.69) is 58.6 Å². The molecule has 0 radical (unpaired) electrons. The summed E-state index contributed by atoms with van der Waals surface area (Å²) < 4.78 is 0. The maximum atomic E-state index is 4.12. The number of nitrogens with one attached hydrogen (secondary N) is 2. The van der Waals surface area contributed by atoms with E-state index in [9.17, 15) is 0 Å². The van der Waals surface area contributed by atoms with Crippen LogP contribution in [0.3, 0.4) is 0 Å². The van der Waals surface area contributed by atoms with Gasteiger partial charge in [-0.15, -0.1) is 24.0 Å². The van der Waals surface area contributed by atoms with Gasteiger partial charge in [-0.25, -0.2) is 0 Å². The third-order valence-electron chi connectivity index (χ3n) is 4.29. The summed E-state index contributed by atoms with van der Waals surface area (Å²) >= 11 is 0. The molecule has 2 rings (SSSR count). The molecule has 1 fully saturated rings. The molecule has 2 atom stereocenters. The summed E-state index contributed by atoms with van der Waals surface area (Å²) in [6.07, 6.45) is 1.37. The molecule has 0 aromatic heterocycles. The van der Waals surface area contributed by atoms with Crippen molar-refractivity contribution in [2.75, 3.05) is 27.2 Å². The molecule has 0 spiro atoms. The monoisotopic (exact) mass is 430 g/mol. The van der Waals surface area contributed by atoms with Gasteiger partial charge in [0.05, 0.1) is 0 Å². The molecule has 130 valence electrons. The van der Waals surface area contributed by atoms with Crippen molar-refractivity contribution in [1.82, 2.24) is 15.5 Å². The van der Waals surface area contributed by atoms with Crippen molar-refractivity contribution < 1.29 is 0 Å². The van der Waals surface area contributed by atoms with E-state index in [1.807, 2.05) is 7.05 Å². The largest absolute Gasteiger partial charge is 0.359 e. The Balaban J connectivity index is 0.00000264. The molecule has 1 saturated heterocycles. The van der Waals surface area contributed by atoms with Crippen LogP contribution in [0.1, 0.15) is 31.4 Å². The molecule has 1 aromatic rings. The van der Waals surface area contributed by atoms with E-state index in [4.69, 9.17) is 0 Å². The molecule has 4 nitrogen and oxygen atoms in total. The number of aliphatic imine (C=N–C) groups is 1. The van der Waals surface area contributed by atoms with Crippen molar-refractivity contribution in [2.45, 2.75) is 33.4 Å². The highest BCUT2D eigenvalue weighted by Crippen LogP contribution is 2.22. The highest BCUT2D eigenvalue weighted by molar-refractivity contribution is 14.0. The summed E-state index contributed by atoms with van der Waals surface area (Å²) in [5.41, 5.74) is 2.68. The second-order valence-electron chi connectivity index (χ2n) is 6.63. The number of guanidine groups is 1. The van der Waals surface area contributed by atoms with Crippen molar-refractivity contribution >= 4 is 29.9 Å². The summed E-state index contributed by atoms with van der Waals surface area (Å²) in [5, 5.41) is 6.30. The molecule has 23 heavy (non-hydrogen) atoms. The number of piperidine rings is 1. The van der Waals surface area contributed by atoms with Crippen LogP contribution in [0.5, 0.6) is 0 Å². The Bertz CT molecular complexity index is 476. The second kappa shape index (κ2) is 10.1. The van der Waals surface area contributed by atoms with Crippen molar-refractivity contribution in [1.29, 1.82) is 0 Å². The van der Waals surface area contributed by atoms with Gasteiger partial charge in [-0.3, -0.25) is 9.89 Å². The minimum atomic E-state index is 0. The fourth-order valence-corrected chi connectivity index (χ4v) is 3.41. The van der Waals surface area contributed by atoms with Crippen LogP contribution >= 0.6 is 24.0 Å². The molecule has 1 aliphatic rings. The van der Waals surface area contributed by atoms with Gasteiger partial charge in [0, 0.05) is 40.3 Å². The lowest BCUT2D eigenvalue weighted by Crippen LogP contribution is -2.38. The minimum Gasteiger partial charge on any atom is -0.359 e. The van der Waals surface area contributed by atoms with Gasteiger partial charge in [0.1, 0.15) is 0 Å². The Hall–Kier alpha value is -0.820. The SMILES string of the molecule is CN=C(NC)NCc1ccc(CN2CC(C)CC(C)C2)cc1.I. The van der Waals surface area contributed by atoms with Crippen molar-refractivity contribution in [2.24, 2.45) is 16.8 Å². The van der Waals surface area contributed by atoms with Gasteiger partial charge in [0.15, 0.2) is 5.96 Å². The maximum absolute atomic E-state index is 4.12. The zero-order valence-electron chi connectivity index (χ0n) is 14.8. The lowest BCUT2D eigenvalue weighted by molar-refractivity contribution is 0.134. The van der Waals surface area contributed by atoms with E-state index in [1.54, 1.807) is 7.05 Å². The van der Waals surface area contributed by atoms with Crippen LogP contribution in [0.2, 0.25) is 0 Å². The average molecular weight is 430 g/mol. The highest BCUT2D eigenvalue weighted by Gasteiger charge is 2.21. The quantitative estimate of drug-likeness (QED) is 0.438. The summed E-state index contributed by atoms with van der Waals surface area (Å²) in [7, 11) is 3.65. The fraction of sp³-hybridized carbons (Fsp3) is 0.611. The van der Waals surface area contributed by atoms with Crippen molar-refractivity contribution in [3.8, 4) is 0 Å². The third-order valence-corrected chi connectivity index (χ3v) is 4.29. The minimum absolute atomic E-state index is 0. The van der Waals surface area contributed by atoms with E-state index in [0.29, 0.717) is 0 Å². The Morgan fingerprint density at radius 3 is 2.22 bits per heavy atom. The Labute approximate surface area is 158 Å². The highest BCUT2D eigenvalue weighted by atomic mass is 127. The number of halogens is 1. The predicted molar refractivity (Wildman–Crippen MR) is 109 cm³/mol. The van der Waals surface area contributed by atoms with Gasteiger partial charge in [0.2, 0.25) is 0 Å². The summed E-state index contributed by atoms with van der Waals surface area (Å²) in [5.74, 6) is 2.46. The smallest absolute Gasteiger partial charge is 0.190 e. The van der Waals surface area contributed by atoms with E-state index in [-0.39, 0.29) is 24.0 Å². The number of rotatable bonds is 4. The molecule has 0 aliphatic carbocycles. The normalized spacial score (nSPS) is 22.3. The molecule has 1 aromatic carbocycles. The van der Waals surface area contributed by atoms with Crippen LogP contribution in [0, 0.1) is 11.8 Å². The lowest BCUT2D eigenvalue weighted by Gasteiger charge is -2.35. The number of likely N-dealkylation sites (tertiary alicyclic amines) is 1. The van der Waals surface area contributed by atoms with Crippen LogP contribution in [0.15, 0.2) is 29.3 Å². The first-order chi connectivity index (χ1) is 10.6. The van der Waals surface area contributed by atoms with Gasteiger partial charge in [-0.2, -0.15) is 0 Å². The predicted octanol–water partition coefficient (Wildman–Crippen LogP) is 3.08. The van der Waals surface area contributed by atoms with E-state index >= 15 is 0 Å². The Morgan fingerprint density at radius 2 is 1.70 bits per heavy atom. The molecule has 0 amide bonds. The molecular formula is C18H31IN4. The van der Waals surface area contributed by atoms with Crippen LogP contribution in [0.25, 0.3) is 0 Å². The molecule has 1 heterocycles. The van der Waals surface area contributed by atoms with Gasteiger partial charge < -0.3 is 10.6 Å². The van der Waals surface area contributed by atoms with Crippen molar-refractivity contribution in [3.63, 3.8) is 0 Å². The number of hydrogen-bond donors (Lipinski definition) is 2. The molecule has 1 aliphatic heterocycles. The first-order valence-electron chi connectivity index (χ1n) is 8.29. The van der Waals surface area contributed by atoms with E-state index in [0.717, 1.165) is 30.9 Å². The summed E-state index contributed by atoms with van der Waals surface area (Å²) in [6, 6.07) is 8.93. The zero-order valence-corrected chi connectivity index (χ0v) is 17.1. The fourth-order valence-electron chi connectivity index (χ4n) is 3.41. The second-order valence-corrected chi connectivity index (χ2v) is 6.63. The van der Waals surface area contributed by atoms with E-state index in [1.165, 1.54) is 30.6 Å². The lowest BCUT2D eigenvalue weighted by atomic mass is 9.91. The number of benzene rings is 1. The number of nitrogens with zero attached hydrogens (tertiary/aromatic N) is 2. The molecular weight excluding hydrogens is 399 g/mol.